The quantitative estimate of drug-likeness (QED) is 0.800. The zero-order chi connectivity index (χ0) is 14.4. The van der Waals surface area contributed by atoms with E-state index in [2.05, 4.69) is 44.3 Å². The second kappa shape index (κ2) is 7.24. The highest BCUT2D eigenvalue weighted by Gasteiger charge is 2.33. The molecule has 0 bridgehead atoms. The van der Waals surface area contributed by atoms with Crippen LogP contribution < -0.4 is 5.32 Å². The Kier molecular flexibility index (Phi) is 5.62. The molecule has 0 aliphatic carbocycles. The topological polar surface area (TPSA) is 21.3 Å². The Balaban J connectivity index is 2.14. The predicted octanol–water partition coefficient (Wildman–Crippen LogP) is 3.64. The number of nitrogens with one attached hydrogen (secondary N) is 1. The molecule has 0 saturated carbocycles. The maximum absolute atomic E-state index is 5.60. The van der Waals surface area contributed by atoms with Gasteiger partial charge in [-0.15, -0.1) is 0 Å². The van der Waals surface area contributed by atoms with E-state index in [9.17, 15) is 0 Å². The van der Waals surface area contributed by atoms with Gasteiger partial charge in [-0.25, -0.2) is 0 Å². The van der Waals surface area contributed by atoms with Crippen molar-refractivity contribution in [1.29, 1.82) is 0 Å². The van der Waals surface area contributed by atoms with Crippen molar-refractivity contribution in [2.24, 2.45) is 5.41 Å². The van der Waals surface area contributed by atoms with E-state index in [0.717, 1.165) is 26.3 Å². The summed E-state index contributed by atoms with van der Waals surface area (Å²) in [5, 5.41) is 3.65. The number of hydrogen-bond donors (Lipinski definition) is 1. The first kappa shape index (κ1) is 15.5. The lowest BCUT2D eigenvalue weighted by molar-refractivity contribution is 0.0149. The molecule has 1 aromatic rings. The highest BCUT2D eigenvalue weighted by molar-refractivity contribution is 5.34. The van der Waals surface area contributed by atoms with Crippen molar-refractivity contribution in [3.05, 3.63) is 34.9 Å². The normalized spacial score (nSPS) is 18.1. The van der Waals surface area contributed by atoms with Gasteiger partial charge in [-0.05, 0) is 68.2 Å². The molecule has 1 fully saturated rings. The van der Waals surface area contributed by atoms with Crippen LogP contribution in [0, 0.1) is 19.3 Å². The third-order valence-corrected chi connectivity index (χ3v) is 4.68. The first-order chi connectivity index (χ1) is 9.67. The standard InChI is InChI=1S/C18H29NO/c1-4-10-19-14-18(8-11-20-12-9-18)13-17-15(2)6-5-7-16(17)3/h5-7,19H,4,8-14H2,1-3H3. The summed E-state index contributed by atoms with van der Waals surface area (Å²) in [5.74, 6) is 0. The van der Waals surface area contributed by atoms with Crippen LogP contribution in [0.5, 0.6) is 0 Å². The largest absolute Gasteiger partial charge is 0.381 e. The van der Waals surface area contributed by atoms with Crippen LogP contribution in [-0.4, -0.2) is 26.3 Å². The van der Waals surface area contributed by atoms with Gasteiger partial charge >= 0.3 is 0 Å². The molecule has 1 N–H and O–H groups in total. The van der Waals surface area contributed by atoms with Gasteiger partial charge in [0, 0.05) is 19.8 Å². The second-order valence-corrected chi connectivity index (χ2v) is 6.34. The molecule has 1 heterocycles. The van der Waals surface area contributed by atoms with Gasteiger partial charge in [-0.3, -0.25) is 0 Å². The summed E-state index contributed by atoms with van der Waals surface area (Å²) in [4.78, 5) is 0. The van der Waals surface area contributed by atoms with Crippen LogP contribution in [0.4, 0.5) is 0 Å². The molecular weight excluding hydrogens is 246 g/mol. The predicted molar refractivity (Wildman–Crippen MR) is 85.3 cm³/mol. The van der Waals surface area contributed by atoms with Gasteiger partial charge in [-0.2, -0.15) is 0 Å². The lowest BCUT2D eigenvalue weighted by atomic mass is 9.73. The summed E-state index contributed by atoms with van der Waals surface area (Å²) >= 11 is 0. The number of rotatable bonds is 6. The van der Waals surface area contributed by atoms with Gasteiger partial charge in [0.25, 0.3) is 0 Å². The number of hydrogen-bond acceptors (Lipinski definition) is 2. The van der Waals surface area contributed by atoms with Crippen molar-refractivity contribution >= 4 is 0 Å². The minimum Gasteiger partial charge on any atom is -0.381 e. The third-order valence-electron chi connectivity index (χ3n) is 4.68. The first-order valence-corrected chi connectivity index (χ1v) is 8.00. The highest BCUT2D eigenvalue weighted by Crippen LogP contribution is 2.35. The fraction of sp³-hybridized carbons (Fsp3) is 0.667. The SMILES string of the molecule is CCCNCC1(Cc2c(C)cccc2C)CCOCC1. The lowest BCUT2D eigenvalue weighted by Gasteiger charge is -2.38. The van der Waals surface area contributed by atoms with Gasteiger partial charge in [0.15, 0.2) is 0 Å². The van der Waals surface area contributed by atoms with Crippen molar-refractivity contribution in [1.82, 2.24) is 5.32 Å². The number of aryl methyl sites for hydroxylation is 2. The van der Waals surface area contributed by atoms with Crippen LogP contribution in [0.1, 0.15) is 42.9 Å². The Morgan fingerprint density at radius 3 is 2.40 bits per heavy atom. The number of ether oxygens (including phenoxy) is 1. The van der Waals surface area contributed by atoms with E-state index in [1.165, 1.54) is 36.8 Å². The zero-order valence-electron chi connectivity index (χ0n) is 13.3. The van der Waals surface area contributed by atoms with Gasteiger partial charge < -0.3 is 10.1 Å². The van der Waals surface area contributed by atoms with E-state index in [1.54, 1.807) is 5.56 Å². The lowest BCUT2D eigenvalue weighted by Crippen LogP contribution is -2.41. The van der Waals surface area contributed by atoms with Crippen LogP contribution in [0.15, 0.2) is 18.2 Å². The Hall–Kier alpha value is -0.860. The minimum absolute atomic E-state index is 0.379. The maximum Gasteiger partial charge on any atom is 0.0471 e. The molecule has 0 radical (unpaired) electrons. The molecule has 0 unspecified atom stereocenters. The molecule has 0 aromatic heterocycles. The van der Waals surface area contributed by atoms with Crippen LogP contribution in [-0.2, 0) is 11.2 Å². The fourth-order valence-corrected chi connectivity index (χ4v) is 3.25. The van der Waals surface area contributed by atoms with E-state index in [4.69, 9.17) is 4.74 Å². The molecular formula is C18H29NO. The van der Waals surface area contributed by atoms with Crippen molar-refractivity contribution in [2.45, 2.75) is 46.5 Å². The Morgan fingerprint density at radius 2 is 1.80 bits per heavy atom. The molecule has 1 aliphatic rings. The first-order valence-electron chi connectivity index (χ1n) is 8.00. The van der Waals surface area contributed by atoms with Crippen molar-refractivity contribution in [3.8, 4) is 0 Å². The van der Waals surface area contributed by atoms with Crippen molar-refractivity contribution < 1.29 is 4.74 Å². The summed E-state index contributed by atoms with van der Waals surface area (Å²) in [6.07, 6.45) is 4.75. The smallest absolute Gasteiger partial charge is 0.0471 e. The Morgan fingerprint density at radius 1 is 1.15 bits per heavy atom. The van der Waals surface area contributed by atoms with Crippen LogP contribution in [0.2, 0.25) is 0 Å². The molecule has 112 valence electrons. The van der Waals surface area contributed by atoms with Crippen LogP contribution in [0.25, 0.3) is 0 Å². The van der Waals surface area contributed by atoms with E-state index in [1.807, 2.05) is 0 Å². The fourth-order valence-electron chi connectivity index (χ4n) is 3.25. The van der Waals surface area contributed by atoms with Crippen LogP contribution in [0.3, 0.4) is 0 Å². The molecule has 1 saturated heterocycles. The molecule has 2 heteroatoms. The molecule has 2 nitrogen and oxygen atoms in total. The molecule has 20 heavy (non-hydrogen) atoms. The zero-order valence-corrected chi connectivity index (χ0v) is 13.3. The molecule has 1 aliphatic heterocycles. The molecule has 2 rings (SSSR count). The van der Waals surface area contributed by atoms with Crippen LogP contribution >= 0.6 is 0 Å². The second-order valence-electron chi connectivity index (χ2n) is 6.34. The monoisotopic (exact) mass is 275 g/mol. The Bertz CT molecular complexity index is 401. The van der Waals surface area contributed by atoms with E-state index in [-0.39, 0.29) is 0 Å². The summed E-state index contributed by atoms with van der Waals surface area (Å²) in [6, 6.07) is 6.66. The summed E-state index contributed by atoms with van der Waals surface area (Å²) in [6.45, 7) is 10.8. The molecule has 1 aromatic carbocycles. The maximum atomic E-state index is 5.60. The highest BCUT2D eigenvalue weighted by atomic mass is 16.5. The molecule has 0 atom stereocenters. The average molecular weight is 275 g/mol. The third kappa shape index (κ3) is 3.83. The molecule has 0 amide bonds. The van der Waals surface area contributed by atoms with E-state index >= 15 is 0 Å². The minimum atomic E-state index is 0.379. The van der Waals surface area contributed by atoms with Gasteiger partial charge in [0.1, 0.15) is 0 Å². The van der Waals surface area contributed by atoms with E-state index < -0.39 is 0 Å². The van der Waals surface area contributed by atoms with Crippen molar-refractivity contribution in [2.75, 3.05) is 26.3 Å². The summed E-state index contributed by atoms with van der Waals surface area (Å²) in [5.41, 5.74) is 4.80. The van der Waals surface area contributed by atoms with Gasteiger partial charge in [0.05, 0.1) is 0 Å². The molecule has 0 spiro atoms. The van der Waals surface area contributed by atoms with Crippen molar-refractivity contribution in [3.63, 3.8) is 0 Å². The summed E-state index contributed by atoms with van der Waals surface area (Å²) < 4.78 is 5.60. The number of benzene rings is 1. The van der Waals surface area contributed by atoms with Gasteiger partial charge in [0.2, 0.25) is 0 Å². The van der Waals surface area contributed by atoms with Gasteiger partial charge in [-0.1, -0.05) is 25.1 Å². The Labute approximate surface area is 123 Å². The average Bonchev–Trinajstić information content (AvgIpc) is 2.45. The van der Waals surface area contributed by atoms with E-state index in [0.29, 0.717) is 5.41 Å². The summed E-state index contributed by atoms with van der Waals surface area (Å²) in [7, 11) is 0.